The Kier molecular flexibility index (Phi) is 11.1. The van der Waals surface area contributed by atoms with E-state index in [1.54, 1.807) is 6.08 Å². The maximum absolute atomic E-state index is 12.5. The van der Waals surface area contributed by atoms with Gasteiger partial charge in [-0.3, -0.25) is 9.59 Å². The molecule has 0 aliphatic heterocycles. The van der Waals surface area contributed by atoms with Gasteiger partial charge in [0.1, 0.15) is 12.2 Å². The Bertz CT molecular complexity index is 503. The number of hydrogen-bond acceptors (Lipinski definition) is 4. The van der Waals surface area contributed by atoms with Crippen molar-refractivity contribution in [1.29, 1.82) is 0 Å². The molecule has 0 saturated heterocycles. The van der Waals surface area contributed by atoms with Gasteiger partial charge in [-0.25, -0.2) is 0 Å². The second-order valence-electron chi connectivity index (χ2n) is 7.65. The summed E-state index contributed by atoms with van der Waals surface area (Å²) in [5, 5.41) is 0. The van der Waals surface area contributed by atoms with E-state index in [1.807, 2.05) is 20.8 Å². The molecule has 1 fully saturated rings. The second-order valence-corrected chi connectivity index (χ2v) is 7.65. The summed E-state index contributed by atoms with van der Waals surface area (Å²) in [6.07, 6.45) is 11.3. The first-order valence-corrected chi connectivity index (χ1v) is 10.7. The summed E-state index contributed by atoms with van der Waals surface area (Å²) in [6, 6.07) is 0. The van der Waals surface area contributed by atoms with E-state index in [2.05, 4.69) is 19.6 Å². The second kappa shape index (κ2) is 12.7. The zero-order valence-corrected chi connectivity index (χ0v) is 17.7. The van der Waals surface area contributed by atoms with Crippen LogP contribution in [0.5, 0.6) is 0 Å². The van der Waals surface area contributed by atoms with Gasteiger partial charge in [0.15, 0.2) is 0 Å². The lowest BCUT2D eigenvalue weighted by atomic mass is 9.89. The lowest BCUT2D eigenvalue weighted by molar-refractivity contribution is -0.153. The van der Waals surface area contributed by atoms with Crippen molar-refractivity contribution in [1.82, 2.24) is 0 Å². The third-order valence-corrected chi connectivity index (χ3v) is 5.43. The highest BCUT2D eigenvalue weighted by Crippen LogP contribution is 2.28. The molecule has 0 amide bonds. The van der Waals surface area contributed by atoms with Crippen LogP contribution in [-0.2, 0) is 19.1 Å². The van der Waals surface area contributed by atoms with Gasteiger partial charge in [-0.1, -0.05) is 52.3 Å². The zero-order valence-electron chi connectivity index (χ0n) is 17.7. The topological polar surface area (TPSA) is 52.6 Å². The first-order valence-electron chi connectivity index (χ1n) is 10.7. The smallest absolute Gasteiger partial charge is 0.309 e. The third-order valence-electron chi connectivity index (χ3n) is 5.43. The van der Waals surface area contributed by atoms with Crippen LogP contribution in [0.15, 0.2) is 24.3 Å². The van der Waals surface area contributed by atoms with Crippen LogP contribution in [0.25, 0.3) is 0 Å². The number of hydrogen-bond donors (Lipinski definition) is 0. The van der Waals surface area contributed by atoms with Gasteiger partial charge >= 0.3 is 11.9 Å². The lowest BCUT2D eigenvalue weighted by Crippen LogP contribution is -2.26. The van der Waals surface area contributed by atoms with Crippen LogP contribution in [0.3, 0.4) is 0 Å². The molecular formula is C23H38O4. The van der Waals surface area contributed by atoms with Crippen LogP contribution in [0.2, 0.25) is 0 Å². The maximum Gasteiger partial charge on any atom is 0.309 e. The van der Waals surface area contributed by atoms with Gasteiger partial charge in [-0.15, -0.1) is 0 Å². The van der Waals surface area contributed by atoms with E-state index in [1.165, 1.54) is 12.0 Å². The van der Waals surface area contributed by atoms with Crippen molar-refractivity contribution >= 4 is 11.9 Å². The average molecular weight is 379 g/mol. The van der Waals surface area contributed by atoms with Gasteiger partial charge in [0.05, 0.1) is 11.8 Å². The summed E-state index contributed by atoms with van der Waals surface area (Å²) in [6.45, 7) is 11.7. The van der Waals surface area contributed by atoms with E-state index in [0.29, 0.717) is 12.8 Å². The van der Waals surface area contributed by atoms with Crippen LogP contribution in [0.1, 0.15) is 85.5 Å². The summed E-state index contributed by atoms with van der Waals surface area (Å²) < 4.78 is 11.3. The van der Waals surface area contributed by atoms with Crippen molar-refractivity contribution in [2.24, 2.45) is 11.8 Å². The number of rotatable bonds is 13. The van der Waals surface area contributed by atoms with Gasteiger partial charge < -0.3 is 9.47 Å². The predicted molar refractivity (Wildman–Crippen MR) is 109 cm³/mol. The standard InChI is InChI=1S/C23H38O4/c1-6-11-20(9-4)26-23(25)19(8-3)14-15-21(16-18-12-10-13-18)27-22(24)17(5)7-2/h9,16-17,19-21H,4,6-8,10-15H2,1-3,5H3. The molecule has 0 heterocycles. The molecule has 154 valence electrons. The van der Waals surface area contributed by atoms with Crippen molar-refractivity contribution in [2.45, 2.75) is 97.7 Å². The molecule has 1 saturated carbocycles. The monoisotopic (exact) mass is 378 g/mol. The molecule has 4 nitrogen and oxygen atoms in total. The molecule has 4 heteroatoms. The molecule has 0 N–H and O–H groups in total. The summed E-state index contributed by atoms with van der Waals surface area (Å²) >= 11 is 0. The molecule has 1 rings (SSSR count). The molecule has 27 heavy (non-hydrogen) atoms. The van der Waals surface area contributed by atoms with Crippen molar-refractivity contribution in [3.8, 4) is 0 Å². The highest BCUT2D eigenvalue weighted by molar-refractivity contribution is 5.73. The number of ether oxygens (including phenoxy) is 2. The predicted octanol–water partition coefficient (Wildman–Crippen LogP) is 5.76. The highest BCUT2D eigenvalue weighted by atomic mass is 16.5. The summed E-state index contributed by atoms with van der Waals surface area (Å²) in [7, 11) is 0. The maximum atomic E-state index is 12.5. The molecular weight excluding hydrogens is 340 g/mol. The zero-order chi connectivity index (χ0) is 20.2. The fourth-order valence-electron chi connectivity index (χ4n) is 3.03. The molecule has 1 aliphatic carbocycles. The minimum atomic E-state index is -0.241. The number of esters is 2. The Balaban J connectivity index is 2.65. The summed E-state index contributed by atoms with van der Waals surface area (Å²) in [5.41, 5.74) is 1.36. The van der Waals surface area contributed by atoms with Crippen molar-refractivity contribution in [2.75, 3.05) is 0 Å². The van der Waals surface area contributed by atoms with Gasteiger partial charge in [0.25, 0.3) is 0 Å². The largest absolute Gasteiger partial charge is 0.458 e. The van der Waals surface area contributed by atoms with E-state index < -0.39 is 0 Å². The fraction of sp³-hybridized carbons (Fsp3) is 0.739. The van der Waals surface area contributed by atoms with Gasteiger partial charge in [0, 0.05) is 0 Å². The van der Waals surface area contributed by atoms with Crippen LogP contribution >= 0.6 is 0 Å². The average Bonchev–Trinajstić information content (AvgIpc) is 2.63. The normalized spacial score (nSPS) is 17.9. The van der Waals surface area contributed by atoms with E-state index in [0.717, 1.165) is 38.5 Å². The molecule has 0 radical (unpaired) electrons. The molecule has 0 aromatic carbocycles. The molecule has 0 bridgehead atoms. The number of carbonyl (C=O) groups excluding carboxylic acids is 2. The third kappa shape index (κ3) is 8.32. The molecule has 4 atom stereocenters. The van der Waals surface area contributed by atoms with E-state index in [4.69, 9.17) is 9.47 Å². The quantitative estimate of drug-likeness (QED) is 0.302. The Labute approximate surface area is 165 Å². The van der Waals surface area contributed by atoms with Crippen molar-refractivity contribution in [3.05, 3.63) is 24.3 Å². The Hall–Kier alpha value is -1.58. The lowest BCUT2D eigenvalue weighted by Gasteiger charge is -2.24. The van der Waals surface area contributed by atoms with Gasteiger partial charge in [-0.2, -0.15) is 0 Å². The van der Waals surface area contributed by atoms with Crippen LogP contribution in [0, 0.1) is 11.8 Å². The van der Waals surface area contributed by atoms with Gasteiger partial charge in [-0.05, 0) is 57.4 Å². The summed E-state index contributed by atoms with van der Waals surface area (Å²) in [4.78, 5) is 24.7. The summed E-state index contributed by atoms with van der Waals surface area (Å²) in [5.74, 6) is -0.585. The number of allylic oxidation sites excluding steroid dienone is 1. The molecule has 0 spiro atoms. The molecule has 1 aliphatic rings. The fourth-order valence-corrected chi connectivity index (χ4v) is 3.03. The molecule has 0 aromatic heterocycles. The van der Waals surface area contributed by atoms with Crippen molar-refractivity contribution < 1.29 is 19.1 Å². The van der Waals surface area contributed by atoms with Gasteiger partial charge in [0.2, 0.25) is 0 Å². The van der Waals surface area contributed by atoms with E-state index in [-0.39, 0.29) is 36.0 Å². The Morgan fingerprint density at radius 1 is 1.00 bits per heavy atom. The Morgan fingerprint density at radius 2 is 1.67 bits per heavy atom. The molecule has 0 aromatic rings. The first-order chi connectivity index (χ1) is 12.9. The SMILES string of the molecule is C=CC(CCC)OC(=O)C(CC)CCC(C=C1CCC1)OC(=O)C(C)CC. The minimum Gasteiger partial charge on any atom is -0.458 e. The first kappa shape index (κ1) is 23.5. The Morgan fingerprint density at radius 3 is 2.15 bits per heavy atom. The van der Waals surface area contributed by atoms with Crippen LogP contribution in [0.4, 0.5) is 0 Å². The minimum absolute atomic E-state index is 0.0957. The van der Waals surface area contributed by atoms with E-state index in [9.17, 15) is 9.59 Å². The highest BCUT2D eigenvalue weighted by Gasteiger charge is 2.24. The number of carbonyl (C=O) groups is 2. The van der Waals surface area contributed by atoms with Crippen LogP contribution < -0.4 is 0 Å². The van der Waals surface area contributed by atoms with Crippen molar-refractivity contribution in [3.63, 3.8) is 0 Å². The van der Waals surface area contributed by atoms with E-state index >= 15 is 0 Å². The van der Waals surface area contributed by atoms with Crippen LogP contribution in [-0.4, -0.2) is 24.1 Å². The molecule has 4 unspecified atom stereocenters.